The van der Waals surface area contributed by atoms with Crippen molar-refractivity contribution >= 4 is 17.7 Å². The maximum Gasteiger partial charge on any atom is 0.378 e. The van der Waals surface area contributed by atoms with Crippen LogP contribution in [0.3, 0.4) is 0 Å². The van der Waals surface area contributed by atoms with Gasteiger partial charge in [-0.15, -0.1) is 5.10 Å². The first-order valence-electron chi connectivity index (χ1n) is 5.21. The third kappa shape index (κ3) is 2.53. The number of thioether (sulfide) groups is 1. The number of H-pyrrole nitrogens is 1. The minimum atomic E-state index is -0.478. The van der Waals surface area contributed by atoms with Crippen molar-refractivity contribution in [2.75, 3.05) is 24.7 Å². The van der Waals surface area contributed by atoms with Crippen LogP contribution in [0, 0.1) is 0 Å². The maximum atomic E-state index is 11.3. The lowest BCUT2D eigenvalue weighted by molar-refractivity contribution is 0.0512. The number of ether oxygens (including phenoxy) is 1. The molecule has 1 aromatic rings. The van der Waals surface area contributed by atoms with Crippen LogP contribution in [0.25, 0.3) is 0 Å². The summed E-state index contributed by atoms with van der Waals surface area (Å²) in [5.74, 6) is 2.38. The summed E-state index contributed by atoms with van der Waals surface area (Å²) < 4.78 is 4.82. The molecule has 1 aromatic heterocycles. The summed E-state index contributed by atoms with van der Waals surface area (Å²) in [4.78, 5) is 15.5. The van der Waals surface area contributed by atoms with Crippen molar-refractivity contribution in [3.63, 3.8) is 0 Å². The van der Waals surface area contributed by atoms with Gasteiger partial charge >= 0.3 is 5.97 Å². The second kappa shape index (κ2) is 5.31. The van der Waals surface area contributed by atoms with Gasteiger partial charge in [-0.2, -0.15) is 11.8 Å². The van der Waals surface area contributed by atoms with Crippen molar-refractivity contribution in [2.45, 2.75) is 13.0 Å². The highest BCUT2D eigenvalue weighted by Gasteiger charge is 2.21. The normalized spacial score (nSPS) is 20.7. The molecule has 1 unspecified atom stereocenters. The molecule has 1 aliphatic heterocycles. The van der Waals surface area contributed by atoms with Crippen molar-refractivity contribution in [3.8, 4) is 0 Å². The Morgan fingerprint density at radius 2 is 2.56 bits per heavy atom. The lowest BCUT2D eigenvalue weighted by Crippen LogP contribution is -2.31. The number of aromatic nitrogens is 3. The predicted molar refractivity (Wildman–Crippen MR) is 60.4 cm³/mol. The van der Waals surface area contributed by atoms with E-state index in [1.54, 1.807) is 6.92 Å². The Bertz CT molecular complexity index is 362. The molecule has 2 N–H and O–H groups in total. The molecule has 1 aliphatic rings. The molecule has 16 heavy (non-hydrogen) atoms. The standard InChI is InChI=1S/C9H14N4O2S/c1-2-15-9(14)8-11-7(12-13-8)6-5-16-4-3-10-6/h6,10H,2-5H2,1H3,(H,11,12,13). The molecular formula is C9H14N4O2S. The van der Waals surface area contributed by atoms with Gasteiger partial charge in [-0.05, 0) is 6.92 Å². The summed E-state index contributed by atoms with van der Waals surface area (Å²) >= 11 is 1.86. The van der Waals surface area contributed by atoms with Crippen molar-refractivity contribution in [3.05, 3.63) is 11.6 Å². The van der Waals surface area contributed by atoms with Gasteiger partial charge in [0.05, 0.1) is 12.6 Å². The van der Waals surface area contributed by atoms with Crippen LogP contribution in [0.4, 0.5) is 0 Å². The Morgan fingerprint density at radius 3 is 3.25 bits per heavy atom. The average molecular weight is 242 g/mol. The first-order chi connectivity index (χ1) is 7.81. The van der Waals surface area contributed by atoms with Gasteiger partial charge in [0.1, 0.15) is 5.82 Å². The highest BCUT2D eigenvalue weighted by atomic mass is 32.2. The minimum absolute atomic E-state index is 0.106. The number of carbonyl (C=O) groups is 1. The van der Waals surface area contributed by atoms with Gasteiger partial charge in [-0.1, -0.05) is 0 Å². The Hall–Kier alpha value is -1.08. The zero-order chi connectivity index (χ0) is 11.4. The van der Waals surface area contributed by atoms with Crippen LogP contribution in [0.1, 0.15) is 29.4 Å². The third-order valence-corrected chi connectivity index (χ3v) is 3.27. The van der Waals surface area contributed by atoms with Crippen LogP contribution in [-0.4, -0.2) is 45.8 Å². The quantitative estimate of drug-likeness (QED) is 0.745. The summed E-state index contributed by atoms with van der Waals surface area (Å²) in [5.41, 5.74) is 0. The highest BCUT2D eigenvalue weighted by molar-refractivity contribution is 7.99. The second-order valence-electron chi connectivity index (χ2n) is 3.35. The van der Waals surface area contributed by atoms with Gasteiger partial charge in [0.15, 0.2) is 0 Å². The van der Waals surface area contributed by atoms with Gasteiger partial charge in [0, 0.05) is 18.1 Å². The number of esters is 1. The van der Waals surface area contributed by atoms with Crippen LogP contribution in [0.15, 0.2) is 0 Å². The van der Waals surface area contributed by atoms with E-state index in [9.17, 15) is 4.79 Å². The Kier molecular flexibility index (Phi) is 3.79. The predicted octanol–water partition coefficient (Wildman–Crippen LogP) is 0.359. The van der Waals surface area contributed by atoms with Gasteiger partial charge < -0.3 is 10.1 Å². The van der Waals surface area contributed by atoms with Crippen LogP contribution < -0.4 is 5.32 Å². The fourth-order valence-corrected chi connectivity index (χ4v) is 2.40. The Morgan fingerprint density at radius 1 is 1.69 bits per heavy atom. The molecule has 7 heteroatoms. The number of nitrogens with one attached hydrogen (secondary N) is 2. The first-order valence-corrected chi connectivity index (χ1v) is 6.37. The van der Waals surface area contributed by atoms with Gasteiger partial charge in [-0.3, -0.25) is 5.10 Å². The zero-order valence-corrected chi connectivity index (χ0v) is 9.84. The van der Waals surface area contributed by atoms with Crippen LogP contribution in [0.5, 0.6) is 0 Å². The van der Waals surface area contributed by atoms with Gasteiger partial charge in [-0.25, -0.2) is 9.78 Å². The number of rotatable bonds is 3. The molecule has 2 rings (SSSR count). The summed E-state index contributed by atoms with van der Waals surface area (Å²) in [6.45, 7) is 3.04. The monoisotopic (exact) mass is 242 g/mol. The molecule has 0 bridgehead atoms. The van der Waals surface area contributed by atoms with E-state index in [2.05, 4.69) is 20.5 Å². The largest absolute Gasteiger partial charge is 0.460 e. The van der Waals surface area contributed by atoms with Gasteiger partial charge in [0.2, 0.25) is 0 Å². The first kappa shape index (κ1) is 11.4. The highest BCUT2D eigenvalue weighted by Crippen LogP contribution is 2.18. The SMILES string of the molecule is CCOC(=O)c1n[nH]c(C2CSCCN2)n1. The van der Waals surface area contributed by atoms with Crippen LogP contribution in [0.2, 0.25) is 0 Å². The number of nitrogens with zero attached hydrogens (tertiary/aromatic N) is 2. The molecular weight excluding hydrogens is 228 g/mol. The number of aromatic amines is 1. The van der Waals surface area contributed by atoms with E-state index in [1.165, 1.54) is 0 Å². The van der Waals surface area contributed by atoms with Crippen molar-refractivity contribution in [1.82, 2.24) is 20.5 Å². The number of carbonyl (C=O) groups excluding carboxylic acids is 1. The number of hydrogen-bond acceptors (Lipinski definition) is 6. The molecule has 1 saturated heterocycles. The molecule has 1 atom stereocenters. The second-order valence-corrected chi connectivity index (χ2v) is 4.50. The summed E-state index contributed by atoms with van der Waals surface area (Å²) in [6.07, 6.45) is 0. The summed E-state index contributed by atoms with van der Waals surface area (Å²) in [7, 11) is 0. The lowest BCUT2D eigenvalue weighted by atomic mass is 10.3. The molecule has 0 saturated carbocycles. The van der Waals surface area contributed by atoms with E-state index < -0.39 is 5.97 Å². The summed E-state index contributed by atoms with van der Waals surface area (Å²) in [6, 6.07) is 0.148. The Labute approximate surface area is 97.5 Å². The van der Waals surface area contributed by atoms with Crippen LogP contribution >= 0.6 is 11.8 Å². The lowest BCUT2D eigenvalue weighted by Gasteiger charge is -2.20. The fourth-order valence-electron chi connectivity index (χ4n) is 1.46. The molecule has 0 radical (unpaired) electrons. The van der Waals surface area contributed by atoms with Crippen molar-refractivity contribution < 1.29 is 9.53 Å². The van der Waals surface area contributed by atoms with E-state index in [0.29, 0.717) is 12.4 Å². The van der Waals surface area contributed by atoms with E-state index in [1.807, 2.05) is 11.8 Å². The van der Waals surface area contributed by atoms with Gasteiger partial charge in [0.25, 0.3) is 5.82 Å². The molecule has 88 valence electrons. The molecule has 1 fully saturated rings. The molecule has 6 nitrogen and oxygen atoms in total. The third-order valence-electron chi connectivity index (χ3n) is 2.21. The Balaban J connectivity index is 2.03. The minimum Gasteiger partial charge on any atom is -0.460 e. The molecule has 0 aliphatic carbocycles. The molecule has 2 heterocycles. The fraction of sp³-hybridized carbons (Fsp3) is 0.667. The number of hydrogen-bond donors (Lipinski definition) is 2. The van der Waals surface area contributed by atoms with Crippen LogP contribution in [-0.2, 0) is 4.74 Å². The molecule has 0 amide bonds. The zero-order valence-electron chi connectivity index (χ0n) is 9.02. The van der Waals surface area contributed by atoms with Crippen molar-refractivity contribution in [2.24, 2.45) is 0 Å². The van der Waals surface area contributed by atoms with E-state index in [-0.39, 0.29) is 11.9 Å². The van der Waals surface area contributed by atoms with E-state index in [4.69, 9.17) is 4.74 Å². The molecule has 0 aromatic carbocycles. The van der Waals surface area contributed by atoms with Crippen molar-refractivity contribution in [1.29, 1.82) is 0 Å². The van der Waals surface area contributed by atoms with E-state index in [0.717, 1.165) is 18.1 Å². The molecule has 0 spiro atoms. The maximum absolute atomic E-state index is 11.3. The topological polar surface area (TPSA) is 79.9 Å². The van der Waals surface area contributed by atoms with E-state index >= 15 is 0 Å². The summed E-state index contributed by atoms with van der Waals surface area (Å²) in [5, 5.41) is 9.94. The smallest absolute Gasteiger partial charge is 0.378 e. The average Bonchev–Trinajstić information content (AvgIpc) is 2.80.